The lowest BCUT2D eigenvalue weighted by Gasteiger charge is -2.24. The summed E-state index contributed by atoms with van der Waals surface area (Å²) in [4.78, 5) is 9.29. The van der Waals surface area contributed by atoms with Crippen LogP contribution in [0, 0.1) is 13.8 Å². The minimum absolute atomic E-state index is 0.554. The smallest absolute Gasteiger partial charge is 0.225 e. The molecule has 0 atom stereocenters. The first-order valence-electron chi connectivity index (χ1n) is 8.62. The van der Waals surface area contributed by atoms with Crippen molar-refractivity contribution in [3.8, 4) is 0 Å². The van der Waals surface area contributed by atoms with Crippen LogP contribution in [0.1, 0.15) is 48.9 Å². The fourth-order valence-electron chi connectivity index (χ4n) is 3.07. The molecule has 1 aromatic carbocycles. The molecule has 23 heavy (non-hydrogen) atoms. The molecule has 4 heteroatoms. The van der Waals surface area contributed by atoms with E-state index in [0.717, 1.165) is 23.6 Å². The predicted octanol–water partition coefficient (Wildman–Crippen LogP) is 4.45. The van der Waals surface area contributed by atoms with E-state index in [1.807, 2.05) is 18.2 Å². The van der Waals surface area contributed by atoms with Crippen LogP contribution in [0.5, 0.6) is 0 Å². The van der Waals surface area contributed by atoms with Gasteiger partial charge in [0.15, 0.2) is 0 Å². The Kier molecular flexibility index (Phi) is 5.11. The quantitative estimate of drug-likeness (QED) is 0.856. The number of hydrogen-bond donors (Lipinski definition) is 2. The Hall–Kier alpha value is -2.10. The minimum Gasteiger partial charge on any atom is -0.367 e. The van der Waals surface area contributed by atoms with Gasteiger partial charge in [0.05, 0.1) is 0 Å². The first kappa shape index (κ1) is 15.8. The number of hydrogen-bond acceptors (Lipinski definition) is 4. The summed E-state index contributed by atoms with van der Waals surface area (Å²) in [6.45, 7) is 4.89. The highest BCUT2D eigenvalue weighted by Crippen LogP contribution is 2.24. The highest BCUT2D eigenvalue weighted by atomic mass is 15.1. The van der Waals surface area contributed by atoms with Crippen LogP contribution in [0.15, 0.2) is 30.3 Å². The van der Waals surface area contributed by atoms with Gasteiger partial charge in [-0.05, 0) is 32.3 Å². The number of rotatable bonds is 5. The zero-order valence-electron chi connectivity index (χ0n) is 14.1. The van der Waals surface area contributed by atoms with Gasteiger partial charge < -0.3 is 10.6 Å². The Labute approximate surface area is 138 Å². The Morgan fingerprint density at radius 3 is 2.48 bits per heavy atom. The summed E-state index contributed by atoms with van der Waals surface area (Å²) in [5.41, 5.74) is 3.42. The van der Waals surface area contributed by atoms with Gasteiger partial charge in [-0.3, -0.25) is 0 Å². The van der Waals surface area contributed by atoms with E-state index in [-0.39, 0.29) is 0 Å². The van der Waals surface area contributed by atoms with E-state index >= 15 is 0 Å². The molecule has 0 bridgehead atoms. The molecule has 1 aliphatic carbocycles. The summed E-state index contributed by atoms with van der Waals surface area (Å²) in [6.07, 6.45) is 6.49. The van der Waals surface area contributed by atoms with Crippen LogP contribution < -0.4 is 10.6 Å². The molecular weight excluding hydrogens is 284 g/mol. The average Bonchev–Trinajstić information content (AvgIpc) is 2.59. The van der Waals surface area contributed by atoms with Crippen LogP contribution in [0.4, 0.5) is 11.8 Å². The van der Waals surface area contributed by atoms with E-state index in [1.165, 1.54) is 37.7 Å². The SMILES string of the molecule is Cc1nc(NCc2ccccc2)nc(NC2CCCCC2)c1C. The van der Waals surface area contributed by atoms with Crippen molar-refractivity contribution in [2.75, 3.05) is 10.6 Å². The van der Waals surface area contributed by atoms with E-state index in [1.54, 1.807) is 0 Å². The molecule has 0 amide bonds. The Bertz CT molecular complexity index is 633. The second-order valence-corrected chi connectivity index (χ2v) is 6.42. The van der Waals surface area contributed by atoms with E-state index in [4.69, 9.17) is 4.98 Å². The molecule has 4 nitrogen and oxygen atoms in total. The molecule has 3 rings (SSSR count). The van der Waals surface area contributed by atoms with Gasteiger partial charge in [-0.15, -0.1) is 0 Å². The summed E-state index contributed by atoms with van der Waals surface area (Å²) < 4.78 is 0. The molecule has 0 spiro atoms. The summed E-state index contributed by atoms with van der Waals surface area (Å²) in [5, 5.41) is 6.98. The van der Waals surface area contributed by atoms with Crippen molar-refractivity contribution < 1.29 is 0 Å². The molecule has 1 fully saturated rings. The molecule has 2 N–H and O–H groups in total. The summed E-state index contributed by atoms with van der Waals surface area (Å²) in [6, 6.07) is 10.9. The number of benzene rings is 1. The van der Waals surface area contributed by atoms with Gasteiger partial charge in [0.1, 0.15) is 5.82 Å². The second-order valence-electron chi connectivity index (χ2n) is 6.42. The third-order valence-corrected chi connectivity index (χ3v) is 4.63. The molecule has 0 radical (unpaired) electrons. The van der Waals surface area contributed by atoms with Crippen molar-refractivity contribution >= 4 is 11.8 Å². The van der Waals surface area contributed by atoms with Crippen molar-refractivity contribution in [2.45, 2.75) is 58.5 Å². The van der Waals surface area contributed by atoms with Crippen LogP contribution in [-0.2, 0) is 6.54 Å². The van der Waals surface area contributed by atoms with E-state index in [9.17, 15) is 0 Å². The summed E-state index contributed by atoms with van der Waals surface area (Å²) in [7, 11) is 0. The van der Waals surface area contributed by atoms with Gasteiger partial charge >= 0.3 is 0 Å². The van der Waals surface area contributed by atoms with Crippen molar-refractivity contribution in [2.24, 2.45) is 0 Å². The van der Waals surface area contributed by atoms with Crippen LogP contribution in [-0.4, -0.2) is 16.0 Å². The Morgan fingerprint density at radius 2 is 1.74 bits per heavy atom. The molecule has 1 saturated carbocycles. The molecular formula is C19H26N4. The predicted molar refractivity (Wildman–Crippen MR) is 95.8 cm³/mol. The maximum Gasteiger partial charge on any atom is 0.225 e. The van der Waals surface area contributed by atoms with E-state index in [0.29, 0.717) is 12.0 Å². The largest absolute Gasteiger partial charge is 0.367 e. The molecule has 0 unspecified atom stereocenters. The molecule has 1 aliphatic rings. The highest BCUT2D eigenvalue weighted by Gasteiger charge is 2.16. The topological polar surface area (TPSA) is 49.8 Å². The molecule has 122 valence electrons. The summed E-state index contributed by atoms with van der Waals surface area (Å²) in [5.74, 6) is 1.69. The van der Waals surface area contributed by atoms with Crippen LogP contribution >= 0.6 is 0 Å². The summed E-state index contributed by atoms with van der Waals surface area (Å²) >= 11 is 0. The van der Waals surface area contributed by atoms with Crippen LogP contribution in [0.3, 0.4) is 0 Å². The van der Waals surface area contributed by atoms with Crippen molar-refractivity contribution in [3.05, 3.63) is 47.2 Å². The van der Waals surface area contributed by atoms with Gasteiger partial charge in [0.25, 0.3) is 0 Å². The highest BCUT2D eigenvalue weighted by molar-refractivity contribution is 5.50. The fraction of sp³-hybridized carbons (Fsp3) is 0.474. The average molecular weight is 310 g/mol. The first-order valence-corrected chi connectivity index (χ1v) is 8.62. The molecule has 2 aromatic rings. The third kappa shape index (κ3) is 4.21. The number of anilines is 2. The molecule has 1 heterocycles. The Balaban J connectivity index is 1.70. The molecule has 0 saturated heterocycles. The number of aromatic nitrogens is 2. The van der Waals surface area contributed by atoms with E-state index in [2.05, 4.69) is 41.6 Å². The minimum atomic E-state index is 0.554. The lowest BCUT2D eigenvalue weighted by Crippen LogP contribution is -2.24. The van der Waals surface area contributed by atoms with Gasteiger partial charge in [-0.25, -0.2) is 4.98 Å². The standard InChI is InChI=1S/C19H26N4/c1-14-15(2)21-19(20-13-16-9-5-3-6-10-16)23-18(14)22-17-11-7-4-8-12-17/h3,5-6,9-10,17H,4,7-8,11-13H2,1-2H3,(H2,20,21,22,23). The molecule has 0 aliphatic heterocycles. The number of aryl methyl sites for hydroxylation is 1. The van der Waals surface area contributed by atoms with Gasteiger partial charge in [0, 0.05) is 23.8 Å². The van der Waals surface area contributed by atoms with Crippen molar-refractivity contribution in [3.63, 3.8) is 0 Å². The zero-order valence-corrected chi connectivity index (χ0v) is 14.1. The van der Waals surface area contributed by atoms with Crippen molar-refractivity contribution in [1.29, 1.82) is 0 Å². The molecule has 1 aromatic heterocycles. The van der Waals surface area contributed by atoms with Crippen molar-refractivity contribution in [1.82, 2.24) is 9.97 Å². The number of nitrogens with one attached hydrogen (secondary N) is 2. The monoisotopic (exact) mass is 310 g/mol. The lowest BCUT2D eigenvalue weighted by molar-refractivity contribution is 0.461. The maximum absolute atomic E-state index is 4.71. The zero-order chi connectivity index (χ0) is 16.1. The number of nitrogens with zero attached hydrogens (tertiary/aromatic N) is 2. The van der Waals surface area contributed by atoms with Crippen LogP contribution in [0.2, 0.25) is 0 Å². The van der Waals surface area contributed by atoms with Gasteiger partial charge in [-0.2, -0.15) is 4.98 Å². The maximum atomic E-state index is 4.71. The third-order valence-electron chi connectivity index (χ3n) is 4.63. The van der Waals surface area contributed by atoms with Crippen LogP contribution in [0.25, 0.3) is 0 Å². The first-order chi connectivity index (χ1) is 11.2. The lowest BCUT2D eigenvalue weighted by atomic mass is 9.95. The fourth-order valence-corrected chi connectivity index (χ4v) is 3.07. The van der Waals surface area contributed by atoms with Gasteiger partial charge in [-0.1, -0.05) is 49.6 Å². The van der Waals surface area contributed by atoms with E-state index < -0.39 is 0 Å². The van der Waals surface area contributed by atoms with Gasteiger partial charge in [0.2, 0.25) is 5.95 Å². The Morgan fingerprint density at radius 1 is 1.00 bits per heavy atom. The second kappa shape index (κ2) is 7.44. The normalized spacial score (nSPS) is 15.4.